The fraction of sp³-hybridized carbons (Fsp3) is 0.250. The lowest BCUT2D eigenvalue weighted by Gasteiger charge is -2.08. The molecule has 0 aliphatic heterocycles. The maximum atomic E-state index is 13.8. The van der Waals surface area contributed by atoms with Gasteiger partial charge in [-0.15, -0.1) is 0 Å². The molecule has 0 saturated heterocycles. The van der Waals surface area contributed by atoms with Gasteiger partial charge in [-0.05, 0) is 48.9 Å². The molecule has 0 nitrogen and oxygen atoms in total. The maximum absolute atomic E-state index is 13.8. The van der Waals surface area contributed by atoms with E-state index in [1.165, 1.54) is 6.92 Å². The zero-order chi connectivity index (χ0) is 14.0. The first-order chi connectivity index (χ1) is 9.00. The van der Waals surface area contributed by atoms with Crippen molar-refractivity contribution >= 4 is 0 Å². The van der Waals surface area contributed by atoms with Crippen LogP contribution in [-0.2, 0) is 12.8 Å². The van der Waals surface area contributed by atoms with Crippen molar-refractivity contribution in [3.8, 4) is 0 Å². The number of hydrogen-bond donors (Lipinski definition) is 0. The maximum Gasteiger partial charge on any atom is 0.162 e. The Morgan fingerprint density at radius 2 is 1.26 bits per heavy atom. The molecule has 0 bridgehead atoms. The van der Waals surface area contributed by atoms with Gasteiger partial charge in [0.15, 0.2) is 11.6 Å². The summed E-state index contributed by atoms with van der Waals surface area (Å²) in [7, 11) is 0. The van der Waals surface area contributed by atoms with Gasteiger partial charge >= 0.3 is 0 Å². The summed E-state index contributed by atoms with van der Waals surface area (Å²) in [5.41, 5.74) is 1.65. The van der Waals surface area contributed by atoms with Gasteiger partial charge in [-0.3, -0.25) is 0 Å². The van der Waals surface area contributed by atoms with Gasteiger partial charge in [0.25, 0.3) is 0 Å². The van der Waals surface area contributed by atoms with Crippen LogP contribution >= 0.6 is 0 Å². The minimum absolute atomic E-state index is 0.268. The van der Waals surface area contributed by atoms with Crippen LogP contribution < -0.4 is 0 Å². The van der Waals surface area contributed by atoms with Crippen molar-refractivity contribution < 1.29 is 13.2 Å². The van der Waals surface area contributed by atoms with Crippen molar-refractivity contribution in [2.75, 3.05) is 0 Å². The number of hydrogen-bond acceptors (Lipinski definition) is 0. The monoisotopic (exact) mass is 264 g/mol. The minimum Gasteiger partial charge on any atom is -0.206 e. The largest absolute Gasteiger partial charge is 0.206 e. The lowest BCUT2D eigenvalue weighted by Crippen LogP contribution is -2.01. The van der Waals surface area contributed by atoms with E-state index < -0.39 is 11.6 Å². The van der Waals surface area contributed by atoms with E-state index >= 15 is 0 Å². The molecule has 0 spiro atoms. The molecule has 0 saturated carbocycles. The Kier molecular flexibility index (Phi) is 3.93. The van der Waals surface area contributed by atoms with Crippen LogP contribution in [0.3, 0.4) is 0 Å². The van der Waals surface area contributed by atoms with Crippen LogP contribution in [0.15, 0.2) is 30.3 Å². The SMILES string of the molecule is Cc1cccc(CCc2ccc(C)c(F)c2F)c1F. The van der Waals surface area contributed by atoms with Crippen LogP contribution in [0.1, 0.15) is 22.3 Å². The van der Waals surface area contributed by atoms with Crippen molar-refractivity contribution in [3.05, 3.63) is 70.0 Å². The normalized spacial score (nSPS) is 10.8. The topological polar surface area (TPSA) is 0 Å². The van der Waals surface area contributed by atoms with Gasteiger partial charge in [-0.1, -0.05) is 30.3 Å². The first kappa shape index (κ1) is 13.7. The van der Waals surface area contributed by atoms with E-state index in [2.05, 4.69) is 0 Å². The Morgan fingerprint density at radius 1 is 0.684 bits per heavy atom. The second-order valence-electron chi connectivity index (χ2n) is 4.72. The van der Waals surface area contributed by atoms with Gasteiger partial charge in [0.05, 0.1) is 0 Å². The van der Waals surface area contributed by atoms with Gasteiger partial charge in [0.1, 0.15) is 5.82 Å². The third kappa shape index (κ3) is 2.80. The fourth-order valence-electron chi connectivity index (χ4n) is 2.05. The molecule has 0 aliphatic carbocycles. The Bertz CT molecular complexity index is 603. The van der Waals surface area contributed by atoms with Gasteiger partial charge < -0.3 is 0 Å². The van der Waals surface area contributed by atoms with Crippen LogP contribution in [0.5, 0.6) is 0 Å². The number of halogens is 3. The highest BCUT2D eigenvalue weighted by Crippen LogP contribution is 2.19. The highest BCUT2D eigenvalue weighted by molar-refractivity contribution is 5.29. The van der Waals surface area contributed by atoms with Gasteiger partial charge in [0, 0.05) is 0 Å². The Hall–Kier alpha value is -1.77. The second kappa shape index (κ2) is 5.47. The van der Waals surface area contributed by atoms with E-state index in [1.54, 1.807) is 37.3 Å². The molecule has 2 aromatic rings. The molecule has 0 amide bonds. The number of rotatable bonds is 3. The lowest BCUT2D eigenvalue weighted by atomic mass is 10.0. The van der Waals surface area contributed by atoms with Crippen molar-refractivity contribution in [1.82, 2.24) is 0 Å². The molecule has 0 aromatic heterocycles. The van der Waals surface area contributed by atoms with E-state index in [0.717, 1.165) is 0 Å². The van der Waals surface area contributed by atoms with Crippen molar-refractivity contribution in [2.45, 2.75) is 26.7 Å². The molecule has 19 heavy (non-hydrogen) atoms. The van der Waals surface area contributed by atoms with Crippen molar-refractivity contribution in [2.24, 2.45) is 0 Å². The molecular formula is C16H15F3. The highest BCUT2D eigenvalue weighted by atomic mass is 19.2. The average Bonchev–Trinajstić information content (AvgIpc) is 2.40. The Morgan fingerprint density at radius 3 is 1.95 bits per heavy atom. The van der Waals surface area contributed by atoms with Gasteiger partial charge in [-0.2, -0.15) is 0 Å². The molecule has 0 fully saturated rings. The van der Waals surface area contributed by atoms with Gasteiger partial charge in [-0.25, -0.2) is 13.2 Å². The fourth-order valence-corrected chi connectivity index (χ4v) is 2.05. The molecule has 2 aromatic carbocycles. The van der Waals surface area contributed by atoms with Gasteiger partial charge in [0.2, 0.25) is 0 Å². The van der Waals surface area contributed by atoms with Crippen LogP contribution in [0.2, 0.25) is 0 Å². The van der Waals surface area contributed by atoms with Crippen LogP contribution in [0.4, 0.5) is 13.2 Å². The summed E-state index contributed by atoms with van der Waals surface area (Å²) in [5, 5.41) is 0. The zero-order valence-corrected chi connectivity index (χ0v) is 10.9. The standard InChI is InChI=1S/C16H15F3/c1-10-4-3-5-12(14(10)17)8-9-13-7-6-11(2)15(18)16(13)19/h3-7H,8-9H2,1-2H3. The van der Waals surface area contributed by atoms with Crippen LogP contribution in [-0.4, -0.2) is 0 Å². The predicted octanol–water partition coefficient (Wildman–Crippen LogP) is 4.51. The molecule has 0 N–H and O–H groups in total. The number of aryl methyl sites for hydroxylation is 4. The lowest BCUT2D eigenvalue weighted by molar-refractivity contribution is 0.492. The summed E-state index contributed by atoms with van der Waals surface area (Å²) in [4.78, 5) is 0. The van der Waals surface area contributed by atoms with E-state index in [-0.39, 0.29) is 23.4 Å². The molecule has 0 aliphatic rings. The summed E-state index contributed by atoms with van der Waals surface area (Å²) in [5.74, 6) is -1.91. The van der Waals surface area contributed by atoms with E-state index in [9.17, 15) is 13.2 Å². The molecule has 0 unspecified atom stereocenters. The molecular weight excluding hydrogens is 249 g/mol. The van der Waals surface area contributed by atoms with Crippen LogP contribution in [0, 0.1) is 31.3 Å². The summed E-state index contributed by atoms with van der Waals surface area (Å²) >= 11 is 0. The second-order valence-corrected chi connectivity index (χ2v) is 4.72. The first-order valence-corrected chi connectivity index (χ1v) is 6.18. The zero-order valence-electron chi connectivity index (χ0n) is 10.9. The van der Waals surface area contributed by atoms with E-state index in [0.29, 0.717) is 17.5 Å². The summed E-state index contributed by atoms with van der Waals surface area (Å²) in [6, 6.07) is 8.22. The predicted molar refractivity (Wildman–Crippen MR) is 69.6 cm³/mol. The molecule has 3 heteroatoms. The molecule has 0 radical (unpaired) electrons. The third-order valence-electron chi connectivity index (χ3n) is 3.29. The van der Waals surface area contributed by atoms with Crippen molar-refractivity contribution in [1.29, 1.82) is 0 Å². The quantitative estimate of drug-likeness (QED) is 0.765. The smallest absolute Gasteiger partial charge is 0.162 e. The average molecular weight is 264 g/mol. The Balaban J connectivity index is 2.20. The summed E-state index contributed by atoms with van der Waals surface area (Å²) in [6.45, 7) is 3.20. The molecule has 0 heterocycles. The van der Waals surface area contributed by atoms with E-state index in [4.69, 9.17) is 0 Å². The van der Waals surface area contributed by atoms with Crippen molar-refractivity contribution in [3.63, 3.8) is 0 Å². The molecule has 100 valence electrons. The highest BCUT2D eigenvalue weighted by Gasteiger charge is 2.12. The van der Waals surface area contributed by atoms with E-state index in [1.807, 2.05) is 0 Å². The molecule has 2 rings (SSSR count). The third-order valence-corrected chi connectivity index (χ3v) is 3.29. The Labute approximate surface area is 110 Å². The summed E-state index contributed by atoms with van der Waals surface area (Å²) < 4.78 is 40.9. The molecule has 0 atom stereocenters. The first-order valence-electron chi connectivity index (χ1n) is 6.18. The van der Waals surface area contributed by atoms with Crippen LogP contribution in [0.25, 0.3) is 0 Å². The minimum atomic E-state index is -0.826. The number of benzene rings is 2. The summed E-state index contributed by atoms with van der Waals surface area (Å²) in [6.07, 6.45) is 0.635.